The zero-order chi connectivity index (χ0) is 16.0. The molecule has 1 fully saturated rings. The van der Waals surface area contributed by atoms with Crippen molar-refractivity contribution in [1.29, 1.82) is 0 Å². The van der Waals surface area contributed by atoms with Crippen LogP contribution in [0.4, 0.5) is 0 Å². The van der Waals surface area contributed by atoms with Crippen LogP contribution in [-0.4, -0.2) is 51.9 Å². The maximum absolute atomic E-state index is 11.7. The Labute approximate surface area is 131 Å². The lowest BCUT2D eigenvalue weighted by molar-refractivity contribution is -0.000802. The highest BCUT2D eigenvalue weighted by atomic mass is 32.2. The molecule has 1 unspecified atom stereocenters. The average Bonchev–Trinajstić information content (AvgIpc) is 2.67. The minimum atomic E-state index is -3.60. The largest absolute Gasteiger partial charge is 0.472 e. The van der Waals surface area contributed by atoms with Crippen LogP contribution in [0.2, 0.25) is 0 Å². The van der Waals surface area contributed by atoms with Crippen LogP contribution in [-0.2, 0) is 23.8 Å². The van der Waals surface area contributed by atoms with Crippen molar-refractivity contribution in [2.75, 3.05) is 32.6 Å². The van der Waals surface area contributed by atoms with E-state index < -0.39 is 10.1 Å². The number of hydrogen-bond donors (Lipinski definition) is 0. The van der Waals surface area contributed by atoms with E-state index in [1.54, 1.807) is 18.6 Å². The number of ether oxygens (including phenoxy) is 2. The van der Waals surface area contributed by atoms with Crippen LogP contribution in [0.1, 0.15) is 13.8 Å². The van der Waals surface area contributed by atoms with Gasteiger partial charge in [0, 0.05) is 29.7 Å². The molecule has 2 aliphatic heterocycles. The normalized spacial score (nSPS) is 28.1. The van der Waals surface area contributed by atoms with Crippen molar-refractivity contribution in [2.45, 2.75) is 19.9 Å². The van der Waals surface area contributed by atoms with Crippen LogP contribution in [0.15, 0.2) is 35.5 Å². The average molecular weight is 327 g/mol. The lowest BCUT2D eigenvalue weighted by atomic mass is 9.80. The molecule has 22 heavy (non-hydrogen) atoms. The Balaban J connectivity index is 2.07. The molecule has 3 rings (SSSR count). The third-order valence-corrected chi connectivity index (χ3v) is 4.82. The second-order valence-electron chi connectivity index (χ2n) is 6.31. The lowest BCUT2D eigenvalue weighted by Gasteiger charge is -2.40. The van der Waals surface area contributed by atoms with Gasteiger partial charge in [0.25, 0.3) is 0 Å². The molecule has 0 radical (unpaired) electrons. The molecule has 7 heteroatoms. The molecule has 0 aromatic carbocycles. The molecule has 0 N–H and O–H groups in total. The van der Waals surface area contributed by atoms with Crippen molar-refractivity contribution >= 4 is 10.1 Å². The highest BCUT2D eigenvalue weighted by Gasteiger charge is 2.50. The third-order valence-electron chi connectivity index (χ3n) is 4.33. The first-order valence-corrected chi connectivity index (χ1v) is 9.11. The zero-order valence-electron chi connectivity index (χ0n) is 13.0. The molecule has 3 aliphatic rings. The Hall–Kier alpha value is -1.31. The third kappa shape index (κ3) is 2.68. The van der Waals surface area contributed by atoms with Gasteiger partial charge in [0.2, 0.25) is 0 Å². The Morgan fingerprint density at radius 1 is 1.32 bits per heavy atom. The summed E-state index contributed by atoms with van der Waals surface area (Å²) in [4.78, 5) is 2.23. The molecule has 0 aromatic rings. The highest BCUT2D eigenvalue weighted by molar-refractivity contribution is 7.86. The van der Waals surface area contributed by atoms with Crippen LogP contribution in [0.3, 0.4) is 0 Å². The smallest absolute Gasteiger partial charge is 0.306 e. The number of nitrogens with zero attached hydrogens (tertiary/aromatic N) is 1. The van der Waals surface area contributed by atoms with Gasteiger partial charge in [-0.1, -0.05) is 13.8 Å². The molecule has 0 spiro atoms. The van der Waals surface area contributed by atoms with Gasteiger partial charge in [-0.05, 0) is 6.08 Å². The fourth-order valence-corrected chi connectivity index (χ4v) is 3.92. The molecule has 0 bridgehead atoms. The van der Waals surface area contributed by atoms with E-state index in [0.717, 1.165) is 30.5 Å². The Bertz CT molecular complexity index is 653. The maximum Gasteiger partial charge on any atom is 0.306 e. The Kier molecular flexibility index (Phi) is 3.82. The summed E-state index contributed by atoms with van der Waals surface area (Å²) in [5.74, 6) is 0.486. The van der Waals surface area contributed by atoms with Gasteiger partial charge in [-0.2, -0.15) is 8.42 Å². The second-order valence-corrected chi connectivity index (χ2v) is 7.88. The van der Waals surface area contributed by atoms with E-state index in [1.807, 2.05) is 0 Å². The van der Waals surface area contributed by atoms with Gasteiger partial charge in [0.05, 0.1) is 38.0 Å². The quantitative estimate of drug-likeness (QED) is 0.730. The number of morpholine rings is 1. The van der Waals surface area contributed by atoms with Crippen molar-refractivity contribution in [3.8, 4) is 0 Å². The van der Waals surface area contributed by atoms with Crippen molar-refractivity contribution in [3.63, 3.8) is 0 Å². The van der Waals surface area contributed by atoms with Crippen LogP contribution in [0, 0.1) is 5.41 Å². The van der Waals surface area contributed by atoms with Gasteiger partial charge < -0.3 is 13.7 Å². The highest BCUT2D eigenvalue weighted by Crippen LogP contribution is 2.50. The fourth-order valence-electron chi connectivity index (χ4n) is 3.42. The molecule has 1 atom stereocenters. The summed E-state index contributed by atoms with van der Waals surface area (Å²) in [6.07, 6.45) is 6.08. The summed E-state index contributed by atoms with van der Waals surface area (Å²) >= 11 is 0. The van der Waals surface area contributed by atoms with Crippen LogP contribution in [0.5, 0.6) is 0 Å². The first-order valence-electron chi connectivity index (χ1n) is 7.29. The molecule has 0 aromatic heterocycles. The Morgan fingerprint density at radius 3 is 2.64 bits per heavy atom. The standard InChI is InChI=1S/C15H21NO5S/c1-15(2)12-10-20-7-4-11(12)13(21-22(3,17)18)14(15)16-5-8-19-9-6-16/h4,7,10,14H,5-6,8-9H2,1-3H3. The van der Waals surface area contributed by atoms with Gasteiger partial charge in [-0.15, -0.1) is 0 Å². The van der Waals surface area contributed by atoms with Gasteiger partial charge in [0.1, 0.15) is 5.76 Å². The SMILES string of the molecule is CC1(C)C2=COC=CC2=C(OS(C)(=O)=O)C1N1CCOCC1. The summed E-state index contributed by atoms with van der Waals surface area (Å²) in [5.41, 5.74) is 1.46. The van der Waals surface area contributed by atoms with E-state index in [0.29, 0.717) is 19.0 Å². The molecular weight excluding hydrogens is 306 g/mol. The van der Waals surface area contributed by atoms with Crippen molar-refractivity contribution in [1.82, 2.24) is 4.90 Å². The summed E-state index contributed by atoms with van der Waals surface area (Å²) in [5, 5.41) is 0. The van der Waals surface area contributed by atoms with Crippen LogP contribution >= 0.6 is 0 Å². The number of rotatable bonds is 3. The molecule has 0 saturated carbocycles. The monoisotopic (exact) mass is 327 g/mol. The predicted octanol–water partition coefficient (Wildman–Crippen LogP) is 1.39. The summed E-state index contributed by atoms with van der Waals surface area (Å²) in [7, 11) is -3.60. The van der Waals surface area contributed by atoms with Gasteiger partial charge >= 0.3 is 10.1 Å². The van der Waals surface area contributed by atoms with Crippen molar-refractivity contribution in [2.24, 2.45) is 5.41 Å². The summed E-state index contributed by atoms with van der Waals surface area (Å²) in [6, 6.07) is -0.154. The number of allylic oxidation sites excluding steroid dienone is 2. The minimum absolute atomic E-state index is 0.154. The second kappa shape index (κ2) is 5.40. The van der Waals surface area contributed by atoms with Gasteiger partial charge in [-0.3, -0.25) is 4.90 Å². The molecule has 1 aliphatic carbocycles. The summed E-state index contributed by atoms with van der Waals surface area (Å²) < 4.78 is 39.6. The molecule has 6 nitrogen and oxygen atoms in total. The van der Waals surface area contributed by atoms with E-state index in [4.69, 9.17) is 13.7 Å². The molecule has 122 valence electrons. The van der Waals surface area contributed by atoms with E-state index in [-0.39, 0.29) is 11.5 Å². The van der Waals surface area contributed by atoms with E-state index in [1.165, 1.54) is 0 Å². The first-order chi connectivity index (χ1) is 10.3. The molecule has 0 amide bonds. The summed E-state index contributed by atoms with van der Waals surface area (Å²) in [6.45, 7) is 6.94. The molecule has 2 heterocycles. The Morgan fingerprint density at radius 2 is 2.00 bits per heavy atom. The van der Waals surface area contributed by atoms with Crippen LogP contribution in [0.25, 0.3) is 0 Å². The van der Waals surface area contributed by atoms with E-state index in [2.05, 4.69) is 18.7 Å². The predicted molar refractivity (Wildman–Crippen MR) is 81.2 cm³/mol. The minimum Gasteiger partial charge on any atom is -0.472 e. The lowest BCUT2D eigenvalue weighted by Crippen LogP contribution is -2.50. The van der Waals surface area contributed by atoms with Gasteiger partial charge in [0.15, 0.2) is 0 Å². The fraction of sp³-hybridized carbons (Fsp3) is 0.600. The van der Waals surface area contributed by atoms with Crippen molar-refractivity contribution in [3.05, 3.63) is 35.5 Å². The van der Waals surface area contributed by atoms with Crippen molar-refractivity contribution < 1.29 is 22.1 Å². The first kappa shape index (κ1) is 15.6. The maximum atomic E-state index is 11.7. The van der Waals surface area contributed by atoms with Gasteiger partial charge in [-0.25, -0.2) is 0 Å². The van der Waals surface area contributed by atoms with E-state index in [9.17, 15) is 8.42 Å². The number of hydrogen-bond acceptors (Lipinski definition) is 6. The van der Waals surface area contributed by atoms with Crippen LogP contribution < -0.4 is 0 Å². The van der Waals surface area contributed by atoms with E-state index >= 15 is 0 Å². The zero-order valence-corrected chi connectivity index (χ0v) is 13.9. The number of fused-ring (bicyclic) bond motifs is 1. The molecule has 1 saturated heterocycles. The molecular formula is C15H21NO5S. The topological polar surface area (TPSA) is 65.1 Å².